The predicted molar refractivity (Wildman–Crippen MR) is 131 cm³/mol. The molecule has 1 aromatic carbocycles. The molecule has 2 aromatic heterocycles. The quantitative estimate of drug-likeness (QED) is 0.517. The number of nitrogens with one attached hydrogen (secondary N) is 2. The first kappa shape index (κ1) is 23.7. The smallest absolute Gasteiger partial charge is 0.256 e. The number of benzene rings is 1. The van der Waals surface area contributed by atoms with E-state index >= 15 is 0 Å². The van der Waals surface area contributed by atoms with Gasteiger partial charge < -0.3 is 20.6 Å². The number of carbonyl (C=O) groups is 2. The normalized spacial score (nSPS) is 14.9. The minimum Gasteiger partial charge on any atom is -0.386 e. The summed E-state index contributed by atoms with van der Waals surface area (Å²) in [7, 11) is 0. The van der Waals surface area contributed by atoms with E-state index in [1.807, 2.05) is 26.0 Å². The van der Waals surface area contributed by atoms with Gasteiger partial charge >= 0.3 is 0 Å². The average Bonchev–Trinajstić information content (AvgIpc) is 3.18. The molecule has 0 aliphatic carbocycles. The lowest BCUT2D eigenvalue weighted by Crippen LogP contribution is -2.45. The first-order chi connectivity index (χ1) is 16.1. The third-order valence-electron chi connectivity index (χ3n) is 6.13. The van der Waals surface area contributed by atoms with Crippen molar-refractivity contribution in [2.45, 2.75) is 58.6 Å². The number of piperidine rings is 1. The Kier molecular flexibility index (Phi) is 6.56. The molecule has 0 saturated carbocycles. The molecule has 0 unspecified atom stereocenters. The number of hydrogen-bond acceptors (Lipinski definition) is 6. The molecule has 0 radical (unpaired) electrons. The first-order valence-electron chi connectivity index (χ1n) is 11.7. The number of aliphatic hydroxyl groups is 1. The fourth-order valence-corrected chi connectivity index (χ4v) is 4.16. The van der Waals surface area contributed by atoms with Crippen molar-refractivity contribution in [2.75, 3.05) is 23.3 Å². The number of aryl methyl sites for hydroxylation is 1. The maximum Gasteiger partial charge on any atom is 0.256 e. The SMILES string of the molecule is CCC(=O)NC1CCN(c2cc(NC(=O)c3ccc(C(C)(C)O)cc3)nc3cc(C)nn23)CC1. The molecule has 1 aliphatic rings. The Morgan fingerprint density at radius 2 is 1.82 bits per heavy atom. The molecule has 3 heterocycles. The van der Waals surface area contributed by atoms with Crippen LogP contribution in [-0.2, 0) is 10.4 Å². The van der Waals surface area contributed by atoms with Gasteiger partial charge in [-0.3, -0.25) is 9.59 Å². The zero-order chi connectivity index (χ0) is 24.5. The molecule has 0 atom stereocenters. The Morgan fingerprint density at radius 3 is 2.44 bits per heavy atom. The summed E-state index contributed by atoms with van der Waals surface area (Å²) in [6.07, 6.45) is 2.16. The highest BCUT2D eigenvalue weighted by Crippen LogP contribution is 2.25. The van der Waals surface area contributed by atoms with E-state index in [4.69, 9.17) is 0 Å². The number of amides is 2. The van der Waals surface area contributed by atoms with E-state index in [1.165, 1.54) is 0 Å². The Balaban J connectivity index is 1.54. The van der Waals surface area contributed by atoms with Crippen molar-refractivity contribution in [1.29, 1.82) is 0 Å². The molecule has 34 heavy (non-hydrogen) atoms. The van der Waals surface area contributed by atoms with Gasteiger partial charge in [0.2, 0.25) is 5.91 Å². The van der Waals surface area contributed by atoms with Gasteiger partial charge in [0, 0.05) is 43.2 Å². The summed E-state index contributed by atoms with van der Waals surface area (Å²) >= 11 is 0. The highest BCUT2D eigenvalue weighted by atomic mass is 16.3. The van der Waals surface area contributed by atoms with E-state index in [-0.39, 0.29) is 17.9 Å². The van der Waals surface area contributed by atoms with E-state index in [1.54, 1.807) is 42.6 Å². The monoisotopic (exact) mass is 464 g/mol. The number of anilines is 2. The fraction of sp³-hybridized carbons (Fsp3) is 0.440. The minimum absolute atomic E-state index is 0.0769. The van der Waals surface area contributed by atoms with Crippen LogP contribution in [-0.4, -0.2) is 50.7 Å². The summed E-state index contributed by atoms with van der Waals surface area (Å²) in [6, 6.07) is 10.8. The van der Waals surface area contributed by atoms with E-state index < -0.39 is 5.60 Å². The lowest BCUT2D eigenvalue weighted by atomic mass is 9.97. The molecular formula is C25H32N6O3. The van der Waals surface area contributed by atoms with Crippen LogP contribution in [0.15, 0.2) is 36.4 Å². The molecule has 1 aliphatic heterocycles. The Morgan fingerprint density at radius 1 is 1.15 bits per heavy atom. The first-order valence-corrected chi connectivity index (χ1v) is 11.7. The van der Waals surface area contributed by atoms with Crippen molar-refractivity contribution in [3.8, 4) is 0 Å². The lowest BCUT2D eigenvalue weighted by molar-refractivity contribution is -0.121. The van der Waals surface area contributed by atoms with Gasteiger partial charge in [-0.1, -0.05) is 19.1 Å². The van der Waals surface area contributed by atoms with Crippen molar-refractivity contribution in [1.82, 2.24) is 19.9 Å². The van der Waals surface area contributed by atoms with Gasteiger partial charge in [-0.15, -0.1) is 0 Å². The maximum absolute atomic E-state index is 12.9. The largest absolute Gasteiger partial charge is 0.386 e. The van der Waals surface area contributed by atoms with Gasteiger partial charge in [-0.25, -0.2) is 4.98 Å². The third kappa shape index (κ3) is 5.20. The molecule has 1 fully saturated rings. The van der Waals surface area contributed by atoms with Crippen LogP contribution >= 0.6 is 0 Å². The van der Waals surface area contributed by atoms with Crippen LogP contribution in [0.2, 0.25) is 0 Å². The zero-order valence-electron chi connectivity index (χ0n) is 20.1. The van der Waals surface area contributed by atoms with Crippen LogP contribution in [0, 0.1) is 6.92 Å². The molecule has 2 amide bonds. The number of hydrogen-bond donors (Lipinski definition) is 3. The second-order valence-electron chi connectivity index (χ2n) is 9.33. The van der Waals surface area contributed by atoms with Gasteiger partial charge in [0.25, 0.3) is 5.91 Å². The van der Waals surface area contributed by atoms with Crippen molar-refractivity contribution in [3.05, 3.63) is 53.2 Å². The Bertz CT molecular complexity index is 1190. The summed E-state index contributed by atoms with van der Waals surface area (Å²) in [6.45, 7) is 8.70. The standard InChI is InChI=1S/C25H32N6O3/c1-5-22(32)26-19-10-12-30(13-11-19)23-15-20(27-21-14-16(2)29-31(21)23)28-24(33)17-6-8-18(9-7-17)25(3,4)34/h6-9,14-15,19,34H,5,10-13H2,1-4H3,(H,26,32)(H,27,28,33). The molecule has 180 valence electrons. The lowest BCUT2D eigenvalue weighted by Gasteiger charge is -2.34. The van der Waals surface area contributed by atoms with Crippen LogP contribution in [0.1, 0.15) is 61.6 Å². The summed E-state index contributed by atoms with van der Waals surface area (Å²) < 4.78 is 1.80. The molecule has 3 N–H and O–H groups in total. The van der Waals surface area contributed by atoms with Gasteiger partial charge in [0.15, 0.2) is 5.65 Å². The Hall–Kier alpha value is -3.46. The van der Waals surface area contributed by atoms with Gasteiger partial charge in [0.05, 0.1) is 11.3 Å². The number of rotatable bonds is 6. The van der Waals surface area contributed by atoms with Crippen LogP contribution in [0.3, 0.4) is 0 Å². The number of aromatic nitrogens is 3. The molecule has 1 saturated heterocycles. The van der Waals surface area contributed by atoms with Crippen LogP contribution in [0.5, 0.6) is 0 Å². The van der Waals surface area contributed by atoms with Crippen LogP contribution in [0.4, 0.5) is 11.6 Å². The molecule has 0 bridgehead atoms. The maximum atomic E-state index is 12.9. The second-order valence-corrected chi connectivity index (χ2v) is 9.33. The fourth-order valence-electron chi connectivity index (χ4n) is 4.16. The number of fused-ring (bicyclic) bond motifs is 1. The van der Waals surface area contributed by atoms with Gasteiger partial charge in [-0.05, 0) is 51.3 Å². The molecule has 4 rings (SSSR count). The highest BCUT2D eigenvalue weighted by molar-refractivity contribution is 6.04. The van der Waals surface area contributed by atoms with Crippen molar-refractivity contribution in [2.24, 2.45) is 0 Å². The topological polar surface area (TPSA) is 112 Å². The third-order valence-corrected chi connectivity index (χ3v) is 6.13. The molecule has 3 aromatic rings. The molecule has 9 nitrogen and oxygen atoms in total. The average molecular weight is 465 g/mol. The summed E-state index contributed by atoms with van der Waals surface area (Å²) in [5, 5.41) is 20.7. The van der Waals surface area contributed by atoms with Crippen molar-refractivity contribution in [3.63, 3.8) is 0 Å². The summed E-state index contributed by atoms with van der Waals surface area (Å²) in [5.74, 6) is 1.10. The van der Waals surface area contributed by atoms with Gasteiger partial charge in [0.1, 0.15) is 11.6 Å². The van der Waals surface area contributed by atoms with Gasteiger partial charge in [-0.2, -0.15) is 9.61 Å². The number of nitrogens with zero attached hydrogens (tertiary/aromatic N) is 4. The van der Waals surface area contributed by atoms with E-state index in [2.05, 4.69) is 25.6 Å². The molecule has 0 spiro atoms. The minimum atomic E-state index is -0.969. The van der Waals surface area contributed by atoms with E-state index in [0.717, 1.165) is 43.0 Å². The van der Waals surface area contributed by atoms with Crippen molar-refractivity contribution >= 4 is 29.1 Å². The second kappa shape index (κ2) is 9.42. The zero-order valence-corrected chi connectivity index (χ0v) is 20.1. The predicted octanol–water partition coefficient (Wildman–Crippen LogP) is 3.01. The van der Waals surface area contributed by atoms with E-state index in [0.29, 0.717) is 23.4 Å². The van der Waals surface area contributed by atoms with E-state index in [9.17, 15) is 14.7 Å². The van der Waals surface area contributed by atoms with Crippen LogP contribution < -0.4 is 15.5 Å². The highest BCUT2D eigenvalue weighted by Gasteiger charge is 2.24. The van der Waals surface area contributed by atoms with Crippen molar-refractivity contribution < 1.29 is 14.7 Å². The Labute approximate surface area is 199 Å². The molecular weight excluding hydrogens is 432 g/mol. The number of carbonyl (C=O) groups excluding carboxylic acids is 2. The van der Waals surface area contributed by atoms with Crippen LogP contribution in [0.25, 0.3) is 5.65 Å². The molecule has 9 heteroatoms. The summed E-state index contributed by atoms with van der Waals surface area (Å²) in [5.41, 5.74) is 1.74. The summed E-state index contributed by atoms with van der Waals surface area (Å²) in [4.78, 5) is 31.4.